The van der Waals surface area contributed by atoms with Gasteiger partial charge in [-0.3, -0.25) is 14.4 Å². The highest BCUT2D eigenvalue weighted by atomic mass is 35.5. The Morgan fingerprint density at radius 3 is 2.30 bits per heavy atom. The summed E-state index contributed by atoms with van der Waals surface area (Å²) < 4.78 is 31.3. The lowest BCUT2D eigenvalue weighted by molar-refractivity contribution is 0.0544. The Morgan fingerprint density at radius 2 is 1.58 bits per heavy atom. The number of aromatic nitrogens is 2. The highest BCUT2D eigenvalue weighted by Gasteiger charge is 2.33. The quantitative estimate of drug-likeness (QED) is 0.106. The normalized spacial score (nSPS) is 13.9. The van der Waals surface area contributed by atoms with Gasteiger partial charge in [-0.15, -0.1) is 0 Å². The van der Waals surface area contributed by atoms with Crippen molar-refractivity contribution in [2.75, 3.05) is 19.7 Å². The molecule has 0 saturated carbocycles. The number of aliphatic hydroxyl groups is 1. The zero-order valence-corrected chi connectivity index (χ0v) is 35.3. The average molecular weight is 846 g/mol. The van der Waals surface area contributed by atoms with Crippen molar-refractivity contribution in [2.24, 2.45) is 0 Å². The van der Waals surface area contributed by atoms with E-state index in [2.05, 4.69) is 18.6 Å². The van der Waals surface area contributed by atoms with Crippen molar-refractivity contribution in [2.45, 2.75) is 70.0 Å². The molecule has 5 aromatic carbocycles. The van der Waals surface area contributed by atoms with Crippen LogP contribution < -0.4 is 4.72 Å². The van der Waals surface area contributed by atoms with Gasteiger partial charge in [0.1, 0.15) is 11.5 Å². The van der Waals surface area contributed by atoms with Gasteiger partial charge in [0.15, 0.2) is 0 Å². The van der Waals surface area contributed by atoms with Crippen LogP contribution in [-0.4, -0.2) is 76.3 Å². The minimum absolute atomic E-state index is 0.0584. The second-order valence-electron chi connectivity index (χ2n) is 15.1. The Morgan fingerprint density at radius 1 is 0.867 bits per heavy atom. The first-order chi connectivity index (χ1) is 29.0. The number of amides is 3. The number of benzene rings is 5. The summed E-state index contributed by atoms with van der Waals surface area (Å²) in [5.74, 6) is -1.34. The molecule has 1 aliphatic rings. The zero-order chi connectivity index (χ0) is 42.4. The molecule has 0 fully saturated rings. The smallest absolute Gasteiger partial charge is 0.274 e. The monoisotopic (exact) mass is 845 g/mol. The van der Waals surface area contributed by atoms with Crippen LogP contribution in [0.1, 0.15) is 87.4 Å². The number of nitrogens with one attached hydrogen (secondary N) is 1. The topological polar surface area (TPSA) is 142 Å². The fraction of sp³-hybridized carbons (Fsp3) is 0.277. The number of carbonyl (C=O) groups is 3. The third kappa shape index (κ3) is 9.16. The molecule has 7 rings (SSSR count). The average Bonchev–Trinajstić information content (AvgIpc) is 3.68. The summed E-state index contributed by atoms with van der Waals surface area (Å²) in [5, 5.41) is 12.2. The van der Waals surface area contributed by atoms with Crippen LogP contribution in [0.5, 0.6) is 0 Å². The molecule has 310 valence electrons. The molecule has 3 amide bonds. The van der Waals surface area contributed by atoms with Crippen LogP contribution in [0, 0.1) is 0 Å². The number of aliphatic hydroxyl groups excluding tert-OH is 1. The van der Waals surface area contributed by atoms with Gasteiger partial charge in [-0.25, -0.2) is 18.1 Å². The molecule has 0 spiro atoms. The number of sulfonamides is 1. The minimum atomic E-state index is -4.39. The molecular formula is C47H48ClN5O6S. The molecule has 0 bridgehead atoms. The molecule has 6 aromatic rings. The van der Waals surface area contributed by atoms with Crippen LogP contribution in [0.4, 0.5) is 0 Å². The largest absolute Gasteiger partial charge is 0.394 e. The van der Waals surface area contributed by atoms with Gasteiger partial charge in [0.2, 0.25) is 0 Å². The Kier molecular flexibility index (Phi) is 13.1. The predicted octanol–water partition coefficient (Wildman–Crippen LogP) is 8.13. The van der Waals surface area contributed by atoms with Gasteiger partial charge in [0.25, 0.3) is 27.7 Å². The maximum absolute atomic E-state index is 15.0. The Hall–Kier alpha value is -5.82. The van der Waals surface area contributed by atoms with Gasteiger partial charge in [-0.05, 0) is 77.7 Å². The lowest BCUT2D eigenvalue weighted by Crippen LogP contribution is -2.46. The van der Waals surface area contributed by atoms with E-state index in [1.54, 1.807) is 41.4 Å². The summed E-state index contributed by atoms with van der Waals surface area (Å²) >= 11 is 6.37. The van der Waals surface area contributed by atoms with Crippen molar-refractivity contribution >= 4 is 50.1 Å². The molecule has 2 N–H and O–H groups in total. The fourth-order valence-corrected chi connectivity index (χ4v) is 8.87. The number of hydrogen-bond donors (Lipinski definition) is 2. The molecule has 1 unspecified atom stereocenters. The van der Waals surface area contributed by atoms with Crippen LogP contribution in [0.2, 0.25) is 5.02 Å². The first-order valence-corrected chi connectivity index (χ1v) is 22.2. The molecule has 0 aliphatic carbocycles. The third-order valence-corrected chi connectivity index (χ3v) is 12.6. The minimum Gasteiger partial charge on any atom is -0.394 e. The van der Waals surface area contributed by atoms with Gasteiger partial charge in [-0.2, -0.15) is 0 Å². The molecule has 0 saturated heterocycles. The SMILES string of the molecule is CCCCN(CCCC)C(=O)c1cn(Cc2ccccc2)c(-c2ccc(C(=O)NS(=O)(=O)c3ccc4cccc(Cl)c4c3)cc2C(=O)N2Cc3ccccc3CC2CO)n1. The van der Waals surface area contributed by atoms with E-state index in [4.69, 9.17) is 16.6 Å². The van der Waals surface area contributed by atoms with Crippen molar-refractivity contribution in [3.63, 3.8) is 0 Å². The summed E-state index contributed by atoms with van der Waals surface area (Å²) in [5.41, 5.74) is 3.39. The van der Waals surface area contributed by atoms with Crippen LogP contribution in [0.3, 0.4) is 0 Å². The predicted molar refractivity (Wildman–Crippen MR) is 233 cm³/mol. The Bertz CT molecular complexity index is 2640. The molecule has 1 aliphatic heterocycles. The molecule has 0 radical (unpaired) electrons. The van der Waals surface area contributed by atoms with E-state index in [1.807, 2.05) is 64.1 Å². The Balaban J connectivity index is 1.33. The molecule has 1 aromatic heterocycles. The van der Waals surface area contributed by atoms with Crippen LogP contribution in [0.15, 0.2) is 120 Å². The standard InChI is InChI=1S/C47H48ClN5O6S/c1-3-5-23-51(24-6-4-2)47(57)43-30-52(28-32-13-8-7-9-14-32)44(49-43)39-22-20-35(26-41(39)46(56)53-29-36-16-11-10-15-34(36)25-37(53)31-54)45(55)50-60(58,59)38-21-19-33-17-12-18-42(48)40(33)27-38/h7-22,26-27,30,37,54H,3-6,23-25,28-29,31H2,1-2H3,(H,50,55). The van der Waals surface area contributed by atoms with Crippen molar-refractivity contribution in [1.82, 2.24) is 24.1 Å². The molecule has 2 heterocycles. The second-order valence-corrected chi connectivity index (χ2v) is 17.2. The van der Waals surface area contributed by atoms with Crippen molar-refractivity contribution in [3.05, 3.63) is 154 Å². The maximum atomic E-state index is 15.0. The number of halogens is 1. The van der Waals surface area contributed by atoms with Gasteiger partial charge in [0.05, 0.1) is 23.1 Å². The van der Waals surface area contributed by atoms with Gasteiger partial charge in [0, 0.05) is 53.9 Å². The van der Waals surface area contributed by atoms with Crippen LogP contribution in [-0.2, 0) is 29.5 Å². The van der Waals surface area contributed by atoms with Crippen molar-refractivity contribution < 1.29 is 27.9 Å². The van der Waals surface area contributed by atoms with E-state index in [1.165, 1.54) is 24.3 Å². The highest BCUT2D eigenvalue weighted by Crippen LogP contribution is 2.32. The molecule has 11 nitrogen and oxygen atoms in total. The lowest BCUT2D eigenvalue weighted by Gasteiger charge is -2.36. The first-order valence-electron chi connectivity index (χ1n) is 20.3. The number of hydrogen-bond acceptors (Lipinski definition) is 7. The van der Waals surface area contributed by atoms with Crippen LogP contribution in [0.25, 0.3) is 22.2 Å². The van der Waals surface area contributed by atoms with Gasteiger partial charge in [-0.1, -0.05) is 111 Å². The fourth-order valence-electron chi connectivity index (χ4n) is 7.63. The number of imidazole rings is 1. The van der Waals surface area contributed by atoms with Crippen molar-refractivity contribution in [3.8, 4) is 11.4 Å². The first kappa shape index (κ1) is 42.3. The summed E-state index contributed by atoms with van der Waals surface area (Å²) in [7, 11) is -4.39. The number of unbranched alkanes of at least 4 members (excludes halogenated alkanes) is 2. The molecule has 13 heteroatoms. The van der Waals surface area contributed by atoms with Crippen molar-refractivity contribution in [1.29, 1.82) is 0 Å². The summed E-state index contributed by atoms with van der Waals surface area (Å²) in [6.45, 7) is 5.53. The van der Waals surface area contributed by atoms with E-state index in [0.717, 1.165) is 47.8 Å². The maximum Gasteiger partial charge on any atom is 0.274 e. The number of nitrogens with zero attached hydrogens (tertiary/aromatic N) is 4. The highest BCUT2D eigenvalue weighted by molar-refractivity contribution is 7.90. The molecule has 60 heavy (non-hydrogen) atoms. The van der Waals surface area contributed by atoms with E-state index in [0.29, 0.717) is 47.9 Å². The number of rotatable bonds is 15. The van der Waals surface area contributed by atoms with E-state index >= 15 is 4.79 Å². The van der Waals surface area contributed by atoms with E-state index < -0.39 is 27.9 Å². The summed E-state index contributed by atoms with van der Waals surface area (Å²) in [6, 6.07) is 30.8. The zero-order valence-electron chi connectivity index (χ0n) is 33.7. The van der Waals surface area contributed by atoms with Gasteiger partial charge >= 0.3 is 0 Å². The number of carbonyl (C=O) groups excluding carboxylic acids is 3. The molecular weight excluding hydrogens is 798 g/mol. The van der Waals surface area contributed by atoms with Crippen LogP contribution >= 0.6 is 11.6 Å². The third-order valence-electron chi connectivity index (χ3n) is 11.0. The molecule has 1 atom stereocenters. The summed E-state index contributed by atoms with van der Waals surface area (Å²) in [6.07, 6.45) is 5.63. The number of fused-ring (bicyclic) bond motifs is 2. The lowest BCUT2D eigenvalue weighted by atomic mass is 9.92. The van der Waals surface area contributed by atoms with E-state index in [-0.39, 0.29) is 40.8 Å². The Labute approximate surface area is 355 Å². The van der Waals surface area contributed by atoms with Gasteiger partial charge < -0.3 is 19.5 Å². The second kappa shape index (κ2) is 18.6. The summed E-state index contributed by atoms with van der Waals surface area (Å²) in [4.78, 5) is 51.3. The van der Waals surface area contributed by atoms with E-state index in [9.17, 15) is 23.1 Å².